The largest absolute Gasteiger partial charge is 0.466 e. The number of piperidine rings is 1. The van der Waals surface area contributed by atoms with Crippen LogP contribution in [-0.4, -0.2) is 49.6 Å². The molecule has 1 N–H and O–H groups in total. The molecule has 1 amide bonds. The number of nitrogens with one attached hydrogen (secondary N) is 1. The van der Waals surface area contributed by atoms with Crippen molar-refractivity contribution in [2.75, 3.05) is 32.8 Å². The third kappa shape index (κ3) is 8.71. The summed E-state index contributed by atoms with van der Waals surface area (Å²) in [4.78, 5) is 25.0. The van der Waals surface area contributed by atoms with Crippen molar-refractivity contribution in [1.82, 2.24) is 10.2 Å². The molecule has 1 fully saturated rings. The first-order chi connectivity index (χ1) is 10.2. The van der Waals surface area contributed by atoms with Crippen molar-refractivity contribution in [3.05, 3.63) is 0 Å². The first-order valence-corrected chi connectivity index (χ1v) is 8.38. The van der Waals surface area contributed by atoms with Crippen molar-refractivity contribution >= 4 is 11.9 Å². The van der Waals surface area contributed by atoms with Crippen molar-refractivity contribution in [3.63, 3.8) is 0 Å². The van der Waals surface area contributed by atoms with E-state index in [9.17, 15) is 9.59 Å². The summed E-state index contributed by atoms with van der Waals surface area (Å²) in [6.45, 7) is 5.83. The second-order valence-electron chi connectivity index (χ2n) is 5.56. The molecule has 0 atom stereocenters. The SMILES string of the molecule is CCOC(=O)CCCCCNCCC(=O)N1CCCCC1. The fraction of sp³-hybridized carbons (Fsp3) is 0.875. The van der Waals surface area contributed by atoms with Crippen LogP contribution in [0, 0.1) is 0 Å². The van der Waals surface area contributed by atoms with E-state index in [0.717, 1.165) is 58.3 Å². The molecule has 0 bridgehead atoms. The number of hydrogen-bond acceptors (Lipinski definition) is 4. The molecule has 5 nitrogen and oxygen atoms in total. The fourth-order valence-electron chi connectivity index (χ4n) is 2.55. The second-order valence-corrected chi connectivity index (χ2v) is 5.56. The number of carbonyl (C=O) groups is 2. The summed E-state index contributed by atoms with van der Waals surface area (Å²) < 4.78 is 4.87. The molecule has 122 valence electrons. The summed E-state index contributed by atoms with van der Waals surface area (Å²) >= 11 is 0. The fourth-order valence-corrected chi connectivity index (χ4v) is 2.55. The maximum Gasteiger partial charge on any atom is 0.305 e. The van der Waals surface area contributed by atoms with Gasteiger partial charge in [-0.1, -0.05) is 6.42 Å². The predicted molar refractivity (Wildman–Crippen MR) is 83.0 cm³/mol. The highest BCUT2D eigenvalue weighted by atomic mass is 16.5. The van der Waals surface area contributed by atoms with Crippen LogP contribution in [0.3, 0.4) is 0 Å². The first-order valence-electron chi connectivity index (χ1n) is 8.38. The topological polar surface area (TPSA) is 58.6 Å². The van der Waals surface area contributed by atoms with Gasteiger partial charge in [0.25, 0.3) is 0 Å². The van der Waals surface area contributed by atoms with Crippen LogP contribution in [-0.2, 0) is 14.3 Å². The maximum atomic E-state index is 11.9. The van der Waals surface area contributed by atoms with Gasteiger partial charge in [-0.25, -0.2) is 0 Å². The van der Waals surface area contributed by atoms with Gasteiger partial charge in [0.05, 0.1) is 6.61 Å². The van der Waals surface area contributed by atoms with E-state index in [-0.39, 0.29) is 11.9 Å². The Kier molecular flexibility index (Phi) is 9.87. The number of carbonyl (C=O) groups excluding carboxylic acids is 2. The molecule has 0 aromatic heterocycles. The lowest BCUT2D eigenvalue weighted by atomic mass is 10.1. The van der Waals surface area contributed by atoms with E-state index in [1.54, 1.807) is 0 Å². The number of amides is 1. The molecule has 0 aromatic carbocycles. The van der Waals surface area contributed by atoms with Gasteiger partial charge in [-0.2, -0.15) is 0 Å². The standard InChI is InChI=1S/C16H30N2O3/c1-2-21-16(20)9-5-3-6-11-17-12-10-15(19)18-13-7-4-8-14-18/h17H,2-14H2,1H3. The predicted octanol–water partition coefficient (Wildman–Crippen LogP) is 2.10. The van der Waals surface area contributed by atoms with Crippen molar-refractivity contribution in [1.29, 1.82) is 0 Å². The first kappa shape index (κ1) is 18.0. The molecule has 1 saturated heterocycles. The van der Waals surface area contributed by atoms with E-state index < -0.39 is 0 Å². The summed E-state index contributed by atoms with van der Waals surface area (Å²) in [5, 5.41) is 3.30. The lowest BCUT2D eigenvalue weighted by Gasteiger charge is -2.26. The van der Waals surface area contributed by atoms with Gasteiger partial charge < -0.3 is 15.0 Å². The summed E-state index contributed by atoms with van der Waals surface area (Å²) in [6.07, 6.45) is 7.62. The van der Waals surface area contributed by atoms with Crippen LogP contribution in [0.1, 0.15) is 58.3 Å². The van der Waals surface area contributed by atoms with Gasteiger partial charge in [0.2, 0.25) is 5.91 Å². The molecule has 21 heavy (non-hydrogen) atoms. The minimum absolute atomic E-state index is 0.0995. The van der Waals surface area contributed by atoms with Crippen LogP contribution in [0.15, 0.2) is 0 Å². The zero-order chi connectivity index (χ0) is 15.3. The number of esters is 1. The van der Waals surface area contributed by atoms with Crippen molar-refractivity contribution < 1.29 is 14.3 Å². The highest BCUT2D eigenvalue weighted by Gasteiger charge is 2.15. The Bertz CT molecular complexity index is 302. The Morgan fingerprint density at radius 1 is 1.00 bits per heavy atom. The van der Waals surface area contributed by atoms with Crippen molar-refractivity contribution in [2.45, 2.75) is 58.3 Å². The molecule has 0 saturated carbocycles. The number of unbranched alkanes of at least 4 members (excludes halogenated alkanes) is 2. The zero-order valence-electron chi connectivity index (χ0n) is 13.4. The highest BCUT2D eigenvalue weighted by Crippen LogP contribution is 2.09. The Balaban J connectivity index is 1.88. The van der Waals surface area contributed by atoms with E-state index in [1.807, 2.05) is 11.8 Å². The number of ether oxygens (including phenoxy) is 1. The molecule has 0 aromatic rings. The Labute approximate surface area is 128 Å². The van der Waals surface area contributed by atoms with Gasteiger partial charge in [-0.15, -0.1) is 0 Å². The van der Waals surface area contributed by atoms with Gasteiger partial charge in [0.15, 0.2) is 0 Å². The molecular weight excluding hydrogens is 268 g/mol. The third-order valence-corrected chi connectivity index (χ3v) is 3.76. The summed E-state index contributed by atoms with van der Waals surface area (Å²) in [6, 6.07) is 0. The van der Waals surface area contributed by atoms with Crippen LogP contribution in [0.5, 0.6) is 0 Å². The molecule has 1 aliphatic rings. The molecule has 1 aliphatic heterocycles. The van der Waals surface area contributed by atoms with Gasteiger partial charge in [-0.05, 0) is 45.6 Å². The van der Waals surface area contributed by atoms with Gasteiger partial charge in [0.1, 0.15) is 0 Å². The van der Waals surface area contributed by atoms with Crippen molar-refractivity contribution in [3.8, 4) is 0 Å². The highest BCUT2D eigenvalue weighted by molar-refractivity contribution is 5.76. The van der Waals surface area contributed by atoms with Crippen LogP contribution in [0.4, 0.5) is 0 Å². The quantitative estimate of drug-likeness (QED) is 0.496. The molecule has 0 unspecified atom stereocenters. The van der Waals surface area contributed by atoms with Crippen LogP contribution in [0.25, 0.3) is 0 Å². The summed E-state index contributed by atoms with van der Waals surface area (Å²) in [5.41, 5.74) is 0. The van der Waals surface area contributed by atoms with Gasteiger partial charge in [0, 0.05) is 32.5 Å². The number of likely N-dealkylation sites (tertiary alicyclic amines) is 1. The molecule has 0 spiro atoms. The van der Waals surface area contributed by atoms with Crippen LogP contribution < -0.4 is 5.32 Å². The zero-order valence-corrected chi connectivity index (χ0v) is 13.4. The van der Waals surface area contributed by atoms with E-state index in [1.165, 1.54) is 6.42 Å². The smallest absolute Gasteiger partial charge is 0.305 e. The molecular formula is C16H30N2O3. The molecule has 1 rings (SSSR count). The number of nitrogens with zero attached hydrogens (tertiary/aromatic N) is 1. The molecule has 0 aliphatic carbocycles. The second kappa shape index (κ2) is 11.5. The summed E-state index contributed by atoms with van der Waals surface area (Å²) in [5.74, 6) is 0.182. The Morgan fingerprint density at radius 2 is 1.76 bits per heavy atom. The average Bonchev–Trinajstić information content (AvgIpc) is 2.51. The lowest BCUT2D eigenvalue weighted by molar-refractivity contribution is -0.143. The minimum atomic E-state index is -0.0995. The maximum absolute atomic E-state index is 11.9. The molecule has 5 heteroatoms. The van der Waals surface area contributed by atoms with Gasteiger partial charge >= 0.3 is 5.97 Å². The van der Waals surface area contributed by atoms with Crippen LogP contribution >= 0.6 is 0 Å². The third-order valence-electron chi connectivity index (χ3n) is 3.76. The molecule has 0 radical (unpaired) electrons. The average molecular weight is 298 g/mol. The Hall–Kier alpha value is -1.10. The Morgan fingerprint density at radius 3 is 2.48 bits per heavy atom. The normalized spacial score (nSPS) is 15.0. The number of hydrogen-bond donors (Lipinski definition) is 1. The number of rotatable bonds is 10. The van der Waals surface area contributed by atoms with Crippen LogP contribution in [0.2, 0.25) is 0 Å². The lowest BCUT2D eigenvalue weighted by Crippen LogP contribution is -2.37. The van der Waals surface area contributed by atoms with E-state index in [0.29, 0.717) is 19.4 Å². The van der Waals surface area contributed by atoms with E-state index in [2.05, 4.69) is 5.32 Å². The molecule has 1 heterocycles. The summed E-state index contributed by atoms with van der Waals surface area (Å²) in [7, 11) is 0. The van der Waals surface area contributed by atoms with Gasteiger partial charge in [-0.3, -0.25) is 9.59 Å². The van der Waals surface area contributed by atoms with E-state index in [4.69, 9.17) is 4.74 Å². The van der Waals surface area contributed by atoms with Crippen molar-refractivity contribution in [2.24, 2.45) is 0 Å². The van der Waals surface area contributed by atoms with E-state index >= 15 is 0 Å². The minimum Gasteiger partial charge on any atom is -0.466 e. The monoisotopic (exact) mass is 298 g/mol.